The number of halogens is 2. The average molecular weight is 350 g/mol. The Labute approximate surface area is 144 Å². The van der Waals surface area contributed by atoms with Gasteiger partial charge >= 0.3 is 0 Å². The molecule has 1 aliphatic rings. The molecule has 0 bridgehead atoms. The fraction of sp³-hybridized carbons (Fsp3) is 0.368. The van der Waals surface area contributed by atoms with Crippen molar-refractivity contribution in [2.75, 3.05) is 11.5 Å². The molecule has 24 heavy (non-hydrogen) atoms. The van der Waals surface area contributed by atoms with Crippen molar-refractivity contribution in [2.24, 2.45) is 0 Å². The summed E-state index contributed by atoms with van der Waals surface area (Å²) in [6, 6.07) is 11.8. The Bertz CT molecular complexity index is 675. The fourth-order valence-electron chi connectivity index (χ4n) is 3.15. The summed E-state index contributed by atoms with van der Waals surface area (Å²) in [4.78, 5) is 0. The van der Waals surface area contributed by atoms with E-state index in [1.54, 1.807) is 36.0 Å². The summed E-state index contributed by atoms with van der Waals surface area (Å²) in [6.07, 6.45) is -0.292. The number of rotatable bonds is 5. The molecule has 0 saturated carbocycles. The van der Waals surface area contributed by atoms with Gasteiger partial charge in [0.1, 0.15) is 23.3 Å². The lowest BCUT2D eigenvalue weighted by Gasteiger charge is -2.29. The molecule has 0 radical (unpaired) electrons. The molecular formula is C19H20F2O2S. The Kier molecular flexibility index (Phi) is 5.23. The van der Waals surface area contributed by atoms with E-state index in [9.17, 15) is 13.9 Å². The van der Waals surface area contributed by atoms with Gasteiger partial charge in [-0.25, -0.2) is 8.78 Å². The van der Waals surface area contributed by atoms with Crippen molar-refractivity contribution in [2.45, 2.75) is 31.2 Å². The van der Waals surface area contributed by atoms with Crippen LogP contribution in [0.1, 0.15) is 30.6 Å². The minimum absolute atomic E-state index is 0.111. The molecule has 2 aromatic rings. The van der Waals surface area contributed by atoms with Crippen LogP contribution in [0.3, 0.4) is 0 Å². The molecule has 1 N–H and O–H groups in total. The molecule has 0 aromatic heterocycles. The molecule has 1 aliphatic heterocycles. The number of hydrogen-bond donors (Lipinski definition) is 1. The van der Waals surface area contributed by atoms with Gasteiger partial charge in [-0.15, -0.1) is 0 Å². The second kappa shape index (κ2) is 7.21. The third-order valence-electron chi connectivity index (χ3n) is 4.33. The van der Waals surface area contributed by atoms with E-state index in [0.29, 0.717) is 17.5 Å². The van der Waals surface area contributed by atoms with Crippen LogP contribution in [0.5, 0.6) is 0 Å². The van der Waals surface area contributed by atoms with Crippen LogP contribution < -0.4 is 0 Å². The fourth-order valence-corrected chi connectivity index (χ4v) is 3.85. The lowest BCUT2D eigenvalue weighted by Crippen LogP contribution is -2.29. The average Bonchev–Trinajstić information content (AvgIpc) is 2.92. The van der Waals surface area contributed by atoms with Crippen molar-refractivity contribution in [1.29, 1.82) is 0 Å². The van der Waals surface area contributed by atoms with E-state index in [2.05, 4.69) is 6.92 Å². The highest BCUT2D eigenvalue weighted by atomic mass is 32.2. The quantitative estimate of drug-likeness (QED) is 0.865. The van der Waals surface area contributed by atoms with Crippen LogP contribution in [-0.4, -0.2) is 22.7 Å². The van der Waals surface area contributed by atoms with Gasteiger partial charge in [-0.2, -0.15) is 11.8 Å². The van der Waals surface area contributed by atoms with Crippen molar-refractivity contribution >= 4 is 11.8 Å². The van der Waals surface area contributed by atoms with Gasteiger partial charge in [-0.3, -0.25) is 0 Å². The minimum atomic E-state index is -1.26. The Morgan fingerprint density at radius 2 is 1.67 bits per heavy atom. The molecule has 1 heterocycles. The molecule has 2 nitrogen and oxygen atoms in total. The number of benzene rings is 2. The molecule has 0 unspecified atom stereocenters. The van der Waals surface area contributed by atoms with Crippen molar-refractivity contribution in [3.05, 3.63) is 71.3 Å². The monoisotopic (exact) mass is 350 g/mol. The first kappa shape index (κ1) is 17.4. The highest BCUT2D eigenvalue weighted by molar-refractivity contribution is 7.99. The minimum Gasteiger partial charge on any atom is -0.382 e. The molecule has 3 atom stereocenters. The normalized spacial score (nSPS) is 26.7. The number of thioether (sulfide) groups is 1. The summed E-state index contributed by atoms with van der Waals surface area (Å²) in [6.45, 7) is 2.07. The van der Waals surface area contributed by atoms with Crippen LogP contribution in [0.2, 0.25) is 0 Å². The molecule has 3 rings (SSSR count). The van der Waals surface area contributed by atoms with E-state index in [4.69, 9.17) is 4.74 Å². The molecule has 1 saturated heterocycles. The second-order valence-corrected chi connectivity index (χ2v) is 7.30. The van der Waals surface area contributed by atoms with Crippen molar-refractivity contribution in [3.8, 4) is 0 Å². The van der Waals surface area contributed by atoms with E-state index in [1.165, 1.54) is 24.3 Å². The van der Waals surface area contributed by atoms with Crippen LogP contribution in [0.4, 0.5) is 8.78 Å². The van der Waals surface area contributed by atoms with Crippen molar-refractivity contribution in [3.63, 3.8) is 0 Å². The molecule has 0 aliphatic carbocycles. The Morgan fingerprint density at radius 3 is 2.25 bits per heavy atom. The lowest BCUT2D eigenvalue weighted by molar-refractivity contribution is -0.0515. The molecule has 1 fully saturated rings. The van der Waals surface area contributed by atoms with Crippen LogP contribution in [-0.2, 0) is 10.3 Å². The van der Waals surface area contributed by atoms with Gasteiger partial charge in [0.25, 0.3) is 0 Å². The summed E-state index contributed by atoms with van der Waals surface area (Å²) < 4.78 is 32.6. The van der Waals surface area contributed by atoms with E-state index < -0.39 is 11.7 Å². The van der Waals surface area contributed by atoms with E-state index >= 15 is 0 Å². The van der Waals surface area contributed by atoms with E-state index in [0.717, 1.165) is 11.5 Å². The molecule has 5 heteroatoms. The van der Waals surface area contributed by atoms with Gasteiger partial charge in [-0.1, -0.05) is 31.2 Å². The maximum Gasteiger partial charge on any atom is 0.123 e. The zero-order chi connectivity index (χ0) is 17.2. The van der Waals surface area contributed by atoms with Gasteiger partial charge < -0.3 is 9.84 Å². The first-order valence-corrected chi connectivity index (χ1v) is 9.15. The Balaban J connectivity index is 1.95. The summed E-state index contributed by atoms with van der Waals surface area (Å²) in [5.74, 6) is 1.06. The lowest BCUT2D eigenvalue weighted by atomic mass is 9.83. The number of hydrogen-bond acceptors (Lipinski definition) is 3. The van der Waals surface area contributed by atoms with Gasteiger partial charge in [-0.05, 0) is 41.1 Å². The largest absolute Gasteiger partial charge is 0.382 e. The maximum atomic E-state index is 13.2. The standard InChI is InChI=1S/C19H20F2O2S/c1-2-24-12-17-11-19(22,14-5-9-16(21)10-6-14)18(23-17)13-3-7-15(20)8-4-13/h3-10,17-18,22H,2,11-12H2,1H3/t17-,18+,19-/m1/s1. The van der Waals surface area contributed by atoms with Crippen molar-refractivity contribution in [1.82, 2.24) is 0 Å². The summed E-state index contributed by atoms with van der Waals surface area (Å²) in [5, 5.41) is 11.4. The third-order valence-corrected chi connectivity index (χ3v) is 5.34. The van der Waals surface area contributed by atoms with E-state index in [1.807, 2.05) is 0 Å². The zero-order valence-electron chi connectivity index (χ0n) is 13.4. The molecule has 128 valence electrons. The van der Waals surface area contributed by atoms with Gasteiger partial charge in [0.05, 0.1) is 6.10 Å². The maximum absolute atomic E-state index is 13.2. The highest BCUT2D eigenvalue weighted by Gasteiger charge is 2.49. The third kappa shape index (κ3) is 3.48. The van der Waals surface area contributed by atoms with Crippen LogP contribution >= 0.6 is 11.8 Å². The summed E-state index contributed by atoms with van der Waals surface area (Å²) in [5.41, 5.74) is 0.0688. The van der Waals surface area contributed by atoms with Gasteiger partial charge in [0.2, 0.25) is 0 Å². The van der Waals surface area contributed by atoms with Crippen LogP contribution in [0.15, 0.2) is 48.5 Å². The van der Waals surface area contributed by atoms with Gasteiger partial charge in [0.15, 0.2) is 0 Å². The van der Waals surface area contributed by atoms with E-state index in [-0.39, 0.29) is 17.7 Å². The zero-order valence-corrected chi connectivity index (χ0v) is 14.2. The smallest absolute Gasteiger partial charge is 0.123 e. The number of ether oxygens (including phenoxy) is 1. The summed E-state index contributed by atoms with van der Waals surface area (Å²) >= 11 is 1.75. The van der Waals surface area contributed by atoms with Crippen LogP contribution in [0.25, 0.3) is 0 Å². The molecular weight excluding hydrogens is 330 g/mol. The first-order chi connectivity index (χ1) is 11.5. The molecule has 0 spiro atoms. The van der Waals surface area contributed by atoms with Crippen LogP contribution in [0, 0.1) is 11.6 Å². The number of aliphatic hydroxyl groups is 1. The highest BCUT2D eigenvalue weighted by Crippen LogP contribution is 2.48. The topological polar surface area (TPSA) is 29.5 Å². The summed E-state index contributed by atoms with van der Waals surface area (Å²) in [7, 11) is 0. The predicted molar refractivity (Wildman–Crippen MR) is 91.9 cm³/mol. The van der Waals surface area contributed by atoms with Gasteiger partial charge in [0, 0.05) is 12.2 Å². The van der Waals surface area contributed by atoms with Crippen molar-refractivity contribution < 1.29 is 18.6 Å². The first-order valence-electron chi connectivity index (χ1n) is 8.00. The molecule has 0 amide bonds. The SMILES string of the molecule is CCSC[C@H]1C[C@@](O)(c2ccc(F)cc2)[C@H](c2ccc(F)cc2)O1. The second-order valence-electron chi connectivity index (χ2n) is 5.98. The Hall–Kier alpha value is -1.43. The predicted octanol–water partition coefficient (Wildman–Crippen LogP) is 4.44. The molecule has 2 aromatic carbocycles. The Morgan fingerprint density at radius 1 is 1.08 bits per heavy atom.